The second-order valence-corrected chi connectivity index (χ2v) is 9.28. The molecule has 4 rings (SSSR count). The van der Waals surface area contributed by atoms with E-state index in [1.54, 1.807) is 6.20 Å². The molecule has 1 atom stereocenters. The second kappa shape index (κ2) is 8.02. The Kier molecular flexibility index (Phi) is 5.42. The van der Waals surface area contributed by atoms with Crippen LogP contribution in [0.1, 0.15) is 17.2 Å². The number of sulfonamides is 1. The van der Waals surface area contributed by atoms with Crippen LogP contribution in [-0.2, 0) is 10.0 Å². The maximum atomic E-state index is 13.1. The number of hydrogen-bond donors (Lipinski definition) is 2. The molecule has 0 bridgehead atoms. The maximum Gasteiger partial charge on any atom is 0.269 e. The Morgan fingerprint density at radius 3 is 2.37 bits per heavy atom. The standard InChI is InChI=1S/C21H16BrN3O4S/c22-15-6-11-20-18(12-15)19(13-23-20)21(14-4-2-1-3-5-14)24-30(28,29)17-9-7-16(8-10-17)25(26)27/h1-13,21,23-24H/t21-/m0/s1. The molecule has 0 aliphatic rings. The number of non-ortho nitro benzene ring substituents is 1. The van der Waals surface area contributed by atoms with E-state index >= 15 is 0 Å². The van der Waals surface area contributed by atoms with E-state index in [0.29, 0.717) is 0 Å². The first-order chi connectivity index (χ1) is 14.3. The Bertz CT molecular complexity index is 1320. The highest BCUT2D eigenvalue weighted by atomic mass is 79.9. The summed E-state index contributed by atoms with van der Waals surface area (Å²) in [4.78, 5) is 13.4. The zero-order chi connectivity index (χ0) is 21.3. The van der Waals surface area contributed by atoms with Crippen molar-refractivity contribution >= 4 is 42.5 Å². The van der Waals surface area contributed by atoms with Crippen molar-refractivity contribution in [1.82, 2.24) is 9.71 Å². The van der Waals surface area contributed by atoms with E-state index in [2.05, 4.69) is 25.6 Å². The van der Waals surface area contributed by atoms with E-state index in [1.807, 2.05) is 48.5 Å². The van der Waals surface area contributed by atoms with E-state index in [0.717, 1.165) is 26.5 Å². The summed E-state index contributed by atoms with van der Waals surface area (Å²) in [7, 11) is -3.95. The number of benzene rings is 3. The van der Waals surface area contributed by atoms with Gasteiger partial charge in [0.25, 0.3) is 5.69 Å². The number of nitrogens with one attached hydrogen (secondary N) is 2. The van der Waals surface area contributed by atoms with Gasteiger partial charge < -0.3 is 4.98 Å². The van der Waals surface area contributed by atoms with Crippen molar-refractivity contribution in [2.45, 2.75) is 10.9 Å². The SMILES string of the molecule is O=[N+]([O-])c1ccc(S(=O)(=O)N[C@@H](c2ccccc2)c2c[nH]c3ccc(Br)cc23)cc1. The van der Waals surface area contributed by atoms with E-state index in [9.17, 15) is 18.5 Å². The molecular weight excluding hydrogens is 470 g/mol. The first-order valence-electron chi connectivity index (χ1n) is 8.93. The van der Waals surface area contributed by atoms with Crippen LogP contribution in [0, 0.1) is 10.1 Å². The smallest absolute Gasteiger partial charge is 0.269 e. The lowest BCUT2D eigenvalue weighted by Gasteiger charge is -2.19. The molecule has 0 aliphatic carbocycles. The Labute approximate surface area is 181 Å². The van der Waals surface area contributed by atoms with E-state index < -0.39 is 21.0 Å². The fraction of sp³-hybridized carbons (Fsp3) is 0.0476. The van der Waals surface area contributed by atoms with Crippen molar-refractivity contribution in [2.24, 2.45) is 0 Å². The first-order valence-corrected chi connectivity index (χ1v) is 11.2. The summed E-state index contributed by atoms with van der Waals surface area (Å²) >= 11 is 3.47. The lowest BCUT2D eigenvalue weighted by Crippen LogP contribution is -2.29. The second-order valence-electron chi connectivity index (χ2n) is 6.65. The van der Waals surface area contributed by atoms with Gasteiger partial charge in [0.15, 0.2) is 0 Å². The van der Waals surface area contributed by atoms with Crippen molar-refractivity contribution in [3.8, 4) is 0 Å². The number of fused-ring (bicyclic) bond motifs is 1. The van der Waals surface area contributed by atoms with E-state index in [1.165, 1.54) is 24.3 Å². The summed E-state index contributed by atoms with van der Waals surface area (Å²) < 4.78 is 29.8. The molecule has 2 N–H and O–H groups in total. The summed E-state index contributed by atoms with van der Waals surface area (Å²) in [5, 5.41) is 11.7. The van der Waals surface area contributed by atoms with Gasteiger partial charge in [0.05, 0.1) is 15.9 Å². The summed E-state index contributed by atoms with van der Waals surface area (Å²) in [6, 6.07) is 19.1. The third-order valence-corrected chi connectivity index (χ3v) is 6.68. The average molecular weight is 486 g/mol. The van der Waals surface area contributed by atoms with Gasteiger partial charge in [0, 0.05) is 33.7 Å². The Balaban J connectivity index is 1.79. The minimum Gasteiger partial charge on any atom is -0.361 e. The Morgan fingerprint density at radius 2 is 1.70 bits per heavy atom. The molecule has 4 aromatic rings. The number of hydrogen-bond acceptors (Lipinski definition) is 4. The molecule has 1 aromatic heterocycles. The molecule has 30 heavy (non-hydrogen) atoms. The summed E-state index contributed by atoms with van der Waals surface area (Å²) in [6.45, 7) is 0. The van der Waals surface area contributed by atoms with Crippen LogP contribution >= 0.6 is 15.9 Å². The van der Waals surface area contributed by atoms with Gasteiger partial charge in [0.2, 0.25) is 10.0 Å². The number of aromatic amines is 1. The predicted octanol–water partition coefficient (Wildman–Crippen LogP) is 4.91. The molecule has 0 radical (unpaired) electrons. The van der Waals surface area contributed by atoms with Gasteiger partial charge >= 0.3 is 0 Å². The molecule has 0 saturated carbocycles. The fourth-order valence-corrected chi connectivity index (χ4v) is 4.84. The number of nitrogens with zero attached hydrogens (tertiary/aromatic N) is 1. The van der Waals surface area contributed by atoms with Gasteiger partial charge in [-0.25, -0.2) is 8.42 Å². The van der Waals surface area contributed by atoms with Crippen LogP contribution in [0.5, 0.6) is 0 Å². The van der Waals surface area contributed by atoms with Crippen molar-refractivity contribution in [1.29, 1.82) is 0 Å². The third-order valence-electron chi connectivity index (χ3n) is 4.75. The number of nitro benzene ring substituents is 1. The lowest BCUT2D eigenvalue weighted by atomic mass is 9.99. The van der Waals surface area contributed by atoms with Crippen molar-refractivity contribution in [3.63, 3.8) is 0 Å². The molecule has 0 spiro atoms. The molecule has 0 fully saturated rings. The van der Waals surface area contributed by atoms with Crippen LogP contribution in [0.4, 0.5) is 5.69 Å². The minimum absolute atomic E-state index is 0.0462. The number of halogens is 1. The van der Waals surface area contributed by atoms with Crippen LogP contribution in [0.2, 0.25) is 0 Å². The summed E-state index contributed by atoms with van der Waals surface area (Å²) in [5.41, 5.74) is 2.24. The molecule has 0 unspecified atom stereocenters. The third kappa shape index (κ3) is 4.00. The maximum absolute atomic E-state index is 13.1. The number of aromatic nitrogens is 1. The summed E-state index contributed by atoms with van der Waals surface area (Å²) in [6.07, 6.45) is 1.78. The van der Waals surface area contributed by atoms with Gasteiger partial charge in [-0.2, -0.15) is 4.72 Å². The topological polar surface area (TPSA) is 105 Å². The number of H-pyrrole nitrogens is 1. The summed E-state index contributed by atoms with van der Waals surface area (Å²) in [5.74, 6) is 0. The lowest BCUT2D eigenvalue weighted by molar-refractivity contribution is -0.384. The van der Waals surface area contributed by atoms with Crippen molar-refractivity contribution < 1.29 is 13.3 Å². The molecular formula is C21H16BrN3O4S. The van der Waals surface area contributed by atoms with Crippen LogP contribution in [0.15, 0.2) is 88.4 Å². The highest BCUT2D eigenvalue weighted by Crippen LogP contribution is 2.32. The van der Waals surface area contributed by atoms with Gasteiger partial charge in [0.1, 0.15) is 0 Å². The highest BCUT2D eigenvalue weighted by Gasteiger charge is 2.25. The Morgan fingerprint density at radius 1 is 1.00 bits per heavy atom. The van der Waals surface area contributed by atoms with Crippen LogP contribution in [0.25, 0.3) is 10.9 Å². The average Bonchev–Trinajstić information content (AvgIpc) is 3.15. The molecule has 0 amide bonds. The fourth-order valence-electron chi connectivity index (χ4n) is 3.28. The predicted molar refractivity (Wildman–Crippen MR) is 118 cm³/mol. The van der Waals surface area contributed by atoms with Crippen molar-refractivity contribution in [3.05, 3.63) is 105 Å². The van der Waals surface area contributed by atoms with Gasteiger partial charge in [-0.05, 0) is 41.5 Å². The van der Waals surface area contributed by atoms with E-state index in [4.69, 9.17) is 0 Å². The molecule has 7 nitrogen and oxygen atoms in total. The highest BCUT2D eigenvalue weighted by molar-refractivity contribution is 9.10. The zero-order valence-corrected chi connectivity index (χ0v) is 17.9. The van der Waals surface area contributed by atoms with Crippen LogP contribution in [-0.4, -0.2) is 18.3 Å². The quantitative estimate of drug-likeness (QED) is 0.299. The molecule has 1 heterocycles. The molecule has 9 heteroatoms. The van der Waals surface area contributed by atoms with Gasteiger partial charge in [-0.15, -0.1) is 0 Å². The largest absolute Gasteiger partial charge is 0.361 e. The normalized spacial score (nSPS) is 12.7. The first kappa shape index (κ1) is 20.3. The number of nitro groups is 1. The monoisotopic (exact) mass is 485 g/mol. The minimum atomic E-state index is -3.95. The Hall–Kier alpha value is -3.01. The molecule has 0 saturated heterocycles. The molecule has 3 aromatic carbocycles. The molecule has 0 aliphatic heterocycles. The van der Waals surface area contributed by atoms with Gasteiger partial charge in [-0.1, -0.05) is 46.3 Å². The van der Waals surface area contributed by atoms with Crippen LogP contribution < -0.4 is 4.72 Å². The van der Waals surface area contributed by atoms with Gasteiger partial charge in [-0.3, -0.25) is 10.1 Å². The zero-order valence-electron chi connectivity index (χ0n) is 15.4. The molecule has 152 valence electrons. The van der Waals surface area contributed by atoms with E-state index in [-0.39, 0.29) is 10.6 Å². The number of rotatable bonds is 6. The van der Waals surface area contributed by atoms with Crippen LogP contribution in [0.3, 0.4) is 0 Å². The van der Waals surface area contributed by atoms with Crippen molar-refractivity contribution in [2.75, 3.05) is 0 Å².